The normalized spacial score (nSPS) is 15.0. The summed E-state index contributed by atoms with van der Waals surface area (Å²) in [5.74, 6) is 0.785. The Hall–Kier alpha value is -2.98. The number of ether oxygens (including phenoxy) is 2. The van der Waals surface area contributed by atoms with E-state index in [2.05, 4.69) is 58.7 Å². The highest BCUT2D eigenvalue weighted by Gasteiger charge is 2.34. The number of aromatic nitrogens is 1. The number of aliphatic hydroxyl groups excluding tert-OH is 1. The number of carbonyl (C=O) groups is 1. The number of piperidine rings is 1. The van der Waals surface area contributed by atoms with E-state index in [0.717, 1.165) is 59.4 Å². The van der Waals surface area contributed by atoms with Crippen molar-refractivity contribution in [1.29, 1.82) is 0 Å². The number of anilines is 2. The largest absolute Gasteiger partial charge is 0.488 e. The summed E-state index contributed by atoms with van der Waals surface area (Å²) in [4.78, 5) is 20.9. The Morgan fingerprint density at radius 1 is 1.23 bits per heavy atom. The summed E-state index contributed by atoms with van der Waals surface area (Å²) < 4.78 is 11.6. The van der Waals surface area contributed by atoms with Gasteiger partial charge in [0.25, 0.3) is 0 Å². The lowest BCUT2D eigenvalue weighted by molar-refractivity contribution is -0.119. The van der Waals surface area contributed by atoms with Crippen LogP contribution < -0.4 is 15.0 Å². The van der Waals surface area contributed by atoms with Gasteiger partial charge in [-0.05, 0) is 61.7 Å². The molecule has 0 spiro atoms. The standard InChI is InChI=1S/C30H40N4O4S/c1-22-15-23(17-33(3)13-14-37-4)5-6-24(22)18-38-28-8-7-25(31-2)16-26(28)27-19-39-29(32-27)34-11-9-30(20-35,21-36)10-12-34/h5-8,15-16,19-20,31,36H,9-14,17-18,21H2,1-4H3. The van der Waals surface area contributed by atoms with Gasteiger partial charge in [0, 0.05) is 57.0 Å². The van der Waals surface area contributed by atoms with Crippen LogP contribution in [0.1, 0.15) is 29.5 Å². The maximum atomic E-state index is 11.5. The van der Waals surface area contributed by atoms with E-state index in [1.165, 1.54) is 11.1 Å². The van der Waals surface area contributed by atoms with E-state index in [9.17, 15) is 9.90 Å². The lowest BCUT2D eigenvalue weighted by Gasteiger charge is -2.36. The third kappa shape index (κ3) is 7.16. The van der Waals surface area contributed by atoms with Gasteiger partial charge >= 0.3 is 0 Å². The number of aliphatic hydroxyl groups is 1. The van der Waals surface area contributed by atoms with Crippen molar-refractivity contribution in [3.63, 3.8) is 0 Å². The van der Waals surface area contributed by atoms with E-state index >= 15 is 0 Å². The second kappa shape index (κ2) is 13.4. The molecule has 0 aliphatic carbocycles. The number of hydrogen-bond acceptors (Lipinski definition) is 9. The summed E-state index contributed by atoms with van der Waals surface area (Å²) in [6.45, 7) is 6.38. The molecule has 3 aromatic rings. The zero-order chi connectivity index (χ0) is 27.8. The van der Waals surface area contributed by atoms with Crippen molar-refractivity contribution in [2.45, 2.75) is 32.9 Å². The number of nitrogens with zero attached hydrogens (tertiary/aromatic N) is 3. The minimum Gasteiger partial charge on any atom is -0.488 e. The molecule has 9 heteroatoms. The summed E-state index contributed by atoms with van der Waals surface area (Å²) >= 11 is 1.59. The number of likely N-dealkylation sites (N-methyl/N-ethyl adjacent to an activating group) is 1. The van der Waals surface area contributed by atoms with E-state index in [1.54, 1.807) is 18.4 Å². The molecule has 39 heavy (non-hydrogen) atoms. The average Bonchev–Trinajstić information content (AvgIpc) is 3.46. The number of methoxy groups -OCH3 is 1. The molecule has 1 saturated heterocycles. The number of aryl methyl sites for hydroxylation is 1. The lowest BCUT2D eigenvalue weighted by Crippen LogP contribution is -2.43. The molecule has 8 nitrogen and oxygen atoms in total. The minimum absolute atomic E-state index is 0.0986. The van der Waals surface area contributed by atoms with Crippen LogP contribution >= 0.6 is 11.3 Å². The van der Waals surface area contributed by atoms with Gasteiger partial charge in [0.15, 0.2) is 5.13 Å². The number of rotatable bonds is 13. The van der Waals surface area contributed by atoms with Crippen molar-refractivity contribution >= 4 is 28.4 Å². The smallest absolute Gasteiger partial charge is 0.185 e. The Morgan fingerprint density at radius 3 is 2.69 bits per heavy atom. The minimum atomic E-state index is -0.616. The molecule has 2 N–H and O–H groups in total. The van der Waals surface area contributed by atoms with Crippen molar-refractivity contribution < 1.29 is 19.4 Å². The third-order valence-electron chi connectivity index (χ3n) is 7.55. The van der Waals surface area contributed by atoms with Crippen molar-refractivity contribution in [3.8, 4) is 17.0 Å². The van der Waals surface area contributed by atoms with E-state index < -0.39 is 5.41 Å². The fourth-order valence-electron chi connectivity index (χ4n) is 4.81. The summed E-state index contributed by atoms with van der Waals surface area (Å²) in [6.07, 6.45) is 2.18. The maximum absolute atomic E-state index is 11.5. The number of thiazole rings is 1. The highest BCUT2D eigenvalue weighted by atomic mass is 32.1. The van der Waals surface area contributed by atoms with Crippen LogP contribution in [-0.4, -0.2) is 75.3 Å². The van der Waals surface area contributed by atoms with Crippen LogP contribution in [0.5, 0.6) is 5.75 Å². The van der Waals surface area contributed by atoms with E-state index in [-0.39, 0.29) is 6.61 Å². The van der Waals surface area contributed by atoms with Crippen LogP contribution in [0.15, 0.2) is 41.8 Å². The first-order valence-corrected chi connectivity index (χ1v) is 14.3. The molecule has 0 bridgehead atoms. The molecule has 2 heterocycles. The van der Waals surface area contributed by atoms with Gasteiger partial charge in [-0.15, -0.1) is 11.3 Å². The zero-order valence-corrected chi connectivity index (χ0v) is 24.2. The monoisotopic (exact) mass is 552 g/mol. The molecule has 2 aromatic carbocycles. The molecule has 1 fully saturated rings. The van der Waals surface area contributed by atoms with Gasteiger partial charge in [-0.2, -0.15) is 0 Å². The van der Waals surface area contributed by atoms with Crippen LogP contribution in [0.3, 0.4) is 0 Å². The predicted molar refractivity (Wildman–Crippen MR) is 158 cm³/mol. The van der Waals surface area contributed by atoms with Gasteiger partial charge in [0.1, 0.15) is 18.6 Å². The lowest BCUT2D eigenvalue weighted by atomic mass is 9.81. The van der Waals surface area contributed by atoms with Crippen LogP contribution in [0.4, 0.5) is 10.8 Å². The van der Waals surface area contributed by atoms with E-state index in [0.29, 0.717) is 32.5 Å². The Labute approximate surface area is 235 Å². The fourth-order valence-corrected chi connectivity index (χ4v) is 5.69. The number of hydrogen-bond donors (Lipinski definition) is 2. The summed E-state index contributed by atoms with van der Waals surface area (Å²) in [5, 5.41) is 15.9. The highest BCUT2D eigenvalue weighted by molar-refractivity contribution is 7.14. The Kier molecular flexibility index (Phi) is 9.96. The maximum Gasteiger partial charge on any atom is 0.185 e. The van der Waals surface area contributed by atoms with Gasteiger partial charge in [-0.1, -0.05) is 18.2 Å². The molecular weight excluding hydrogens is 512 g/mol. The van der Waals surface area contributed by atoms with Gasteiger partial charge in [0.2, 0.25) is 0 Å². The predicted octanol–water partition coefficient (Wildman–Crippen LogP) is 4.60. The van der Waals surface area contributed by atoms with Gasteiger partial charge in [-0.3, -0.25) is 4.90 Å². The van der Waals surface area contributed by atoms with Crippen LogP contribution in [0.25, 0.3) is 11.3 Å². The highest BCUT2D eigenvalue weighted by Crippen LogP contribution is 2.38. The number of benzene rings is 2. The molecule has 1 aliphatic heterocycles. The Bertz CT molecular complexity index is 1240. The van der Waals surface area contributed by atoms with E-state index in [4.69, 9.17) is 14.5 Å². The molecule has 0 saturated carbocycles. The zero-order valence-electron chi connectivity index (χ0n) is 23.4. The van der Waals surface area contributed by atoms with Crippen molar-refractivity contribution in [2.24, 2.45) is 5.41 Å². The third-order valence-corrected chi connectivity index (χ3v) is 8.45. The second-order valence-electron chi connectivity index (χ2n) is 10.4. The van der Waals surface area contributed by atoms with Crippen LogP contribution in [0, 0.1) is 12.3 Å². The molecular formula is C30H40N4O4S. The summed E-state index contributed by atoms with van der Waals surface area (Å²) in [5.41, 5.74) is 5.80. The average molecular weight is 553 g/mol. The quantitative estimate of drug-likeness (QED) is 0.298. The number of aldehydes is 1. The SMILES string of the molecule is CNc1ccc(OCc2ccc(CN(C)CCOC)cc2C)c(-c2csc(N3CCC(C=O)(CO)CC3)n2)c1. The van der Waals surface area contributed by atoms with Gasteiger partial charge in [0.05, 0.1) is 24.3 Å². The first kappa shape index (κ1) is 29.0. The molecule has 0 unspecified atom stereocenters. The first-order valence-electron chi connectivity index (χ1n) is 13.4. The topological polar surface area (TPSA) is 87.2 Å². The summed E-state index contributed by atoms with van der Waals surface area (Å²) in [6, 6.07) is 12.6. The van der Waals surface area contributed by atoms with E-state index in [1.807, 2.05) is 19.2 Å². The molecule has 1 aliphatic rings. The number of nitrogens with one attached hydrogen (secondary N) is 1. The molecule has 0 amide bonds. The molecule has 0 atom stereocenters. The molecule has 0 radical (unpaired) electrons. The van der Waals surface area contributed by atoms with Crippen molar-refractivity contribution in [3.05, 3.63) is 58.5 Å². The van der Waals surface area contributed by atoms with Gasteiger partial charge < -0.3 is 29.6 Å². The Morgan fingerprint density at radius 2 is 2.03 bits per heavy atom. The molecule has 1 aromatic heterocycles. The number of carbonyl (C=O) groups excluding carboxylic acids is 1. The second-order valence-corrected chi connectivity index (χ2v) is 11.2. The summed E-state index contributed by atoms with van der Waals surface area (Å²) in [7, 11) is 5.73. The van der Waals surface area contributed by atoms with Crippen LogP contribution in [0.2, 0.25) is 0 Å². The fraction of sp³-hybridized carbons (Fsp3) is 0.467. The van der Waals surface area contributed by atoms with Crippen molar-refractivity contribution in [2.75, 3.05) is 64.3 Å². The first-order chi connectivity index (χ1) is 18.9. The van der Waals surface area contributed by atoms with Crippen LogP contribution in [-0.2, 0) is 22.7 Å². The molecule has 4 rings (SSSR count). The van der Waals surface area contributed by atoms with Gasteiger partial charge in [-0.25, -0.2) is 4.98 Å². The van der Waals surface area contributed by atoms with Crippen molar-refractivity contribution in [1.82, 2.24) is 9.88 Å². The Balaban J connectivity index is 1.47. The molecule has 210 valence electrons.